The number of epoxide rings is 1. The van der Waals surface area contributed by atoms with Crippen LogP contribution in [0.5, 0.6) is 0 Å². The summed E-state index contributed by atoms with van der Waals surface area (Å²) in [6.07, 6.45) is 0.511. The quantitative estimate of drug-likeness (QED) is 0.204. The Bertz CT molecular complexity index is 318. The Balaban J connectivity index is 2.04. The van der Waals surface area contributed by atoms with Gasteiger partial charge in [-0.1, -0.05) is 0 Å². The minimum Gasteiger partial charge on any atom is -0.379 e. The van der Waals surface area contributed by atoms with Gasteiger partial charge in [-0.3, -0.25) is 0 Å². The highest BCUT2D eigenvalue weighted by atomic mass is 32.2. The van der Waals surface area contributed by atoms with Gasteiger partial charge in [0.2, 0.25) is 10.0 Å². The molecule has 80 valence electrons. The normalized spacial score (nSPS) is 20.1. The summed E-state index contributed by atoms with van der Waals surface area (Å²) in [7, 11) is -3.62. The highest BCUT2D eigenvalue weighted by Gasteiger charge is 2.22. The predicted octanol–water partition coefficient (Wildman–Crippen LogP) is 0.432. The van der Waals surface area contributed by atoms with Gasteiger partial charge >= 0.3 is 0 Å². The zero-order valence-electron chi connectivity index (χ0n) is 7.50. The maximum absolute atomic E-state index is 10.8. The first-order valence-electron chi connectivity index (χ1n) is 4.12. The summed E-state index contributed by atoms with van der Waals surface area (Å²) in [4.78, 5) is 2.22. The summed E-state index contributed by atoms with van der Waals surface area (Å²) >= 11 is 0. The molecule has 0 saturated carbocycles. The molecule has 1 rings (SSSR count). The van der Waals surface area contributed by atoms with E-state index in [1.54, 1.807) is 0 Å². The number of azide groups is 1. The van der Waals surface area contributed by atoms with E-state index in [-0.39, 0.29) is 11.9 Å². The van der Waals surface area contributed by atoms with E-state index in [0.29, 0.717) is 19.6 Å². The van der Waals surface area contributed by atoms with Crippen molar-refractivity contribution < 1.29 is 17.9 Å². The van der Waals surface area contributed by atoms with Crippen molar-refractivity contribution >= 4 is 10.0 Å². The van der Waals surface area contributed by atoms with Gasteiger partial charge in [0, 0.05) is 16.0 Å². The summed E-state index contributed by atoms with van der Waals surface area (Å²) in [6, 6.07) is 0. The molecule has 8 heteroatoms. The van der Waals surface area contributed by atoms with Crippen LogP contribution in [-0.2, 0) is 19.5 Å². The van der Waals surface area contributed by atoms with Gasteiger partial charge in [0.25, 0.3) is 0 Å². The molecule has 1 unspecified atom stereocenters. The van der Waals surface area contributed by atoms with Crippen LogP contribution in [0.1, 0.15) is 6.42 Å². The lowest BCUT2D eigenvalue weighted by atomic mass is 10.5. The second-order valence-corrected chi connectivity index (χ2v) is 4.58. The van der Waals surface area contributed by atoms with Crippen LogP contribution in [-0.4, -0.2) is 40.1 Å². The van der Waals surface area contributed by atoms with E-state index in [9.17, 15) is 8.42 Å². The number of sulfonamides is 1. The number of nitrogens with zero attached hydrogens (tertiary/aromatic N) is 3. The smallest absolute Gasteiger partial charge is 0.235 e. The van der Waals surface area contributed by atoms with Crippen LogP contribution < -0.4 is 0 Å². The zero-order valence-corrected chi connectivity index (χ0v) is 8.31. The molecule has 7 nitrogen and oxygen atoms in total. The van der Waals surface area contributed by atoms with Crippen LogP contribution >= 0.6 is 0 Å². The Labute approximate surface area is 81.7 Å². The zero-order chi connectivity index (χ0) is 10.4. The lowest BCUT2D eigenvalue weighted by Gasteiger charge is -2.00. The number of hydrogen-bond donors (Lipinski definition) is 0. The van der Waals surface area contributed by atoms with E-state index in [1.165, 1.54) is 0 Å². The molecule has 1 atom stereocenters. The van der Waals surface area contributed by atoms with Gasteiger partial charge in [-0.25, -0.2) is 8.42 Å². The van der Waals surface area contributed by atoms with E-state index in [1.807, 2.05) is 0 Å². The van der Waals surface area contributed by atoms with E-state index < -0.39 is 10.0 Å². The Hall–Kier alpha value is -0.820. The third-order valence-corrected chi connectivity index (χ3v) is 2.68. The molecule has 0 aromatic carbocycles. The van der Waals surface area contributed by atoms with Gasteiger partial charge in [0.05, 0.1) is 19.0 Å². The van der Waals surface area contributed by atoms with Crippen LogP contribution in [0, 0.1) is 0 Å². The van der Waals surface area contributed by atoms with E-state index in [4.69, 9.17) is 15.0 Å². The molecule has 14 heavy (non-hydrogen) atoms. The molecule has 0 spiro atoms. The van der Waals surface area contributed by atoms with Gasteiger partial charge in [0.1, 0.15) is 6.10 Å². The van der Waals surface area contributed by atoms with Gasteiger partial charge in [-0.2, -0.15) is 0 Å². The fourth-order valence-electron chi connectivity index (χ4n) is 0.819. The molecular formula is C6H11N3O4S. The highest BCUT2D eigenvalue weighted by Crippen LogP contribution is 2.08. The predicted molar refractivity (Wildman–Crippen MR) is 48.1 cm³/mol. The Morgan fingerprint density at radius 3 is 2.93 bits per heavy atom. The first-order valence-corrected chi connectivity index (χ1v) is 5.73. The van der Waals surface area contributed by atoms with Crippen molar-refractivity contribution in [1.82, 2.24) is 0 Å². The monoisotopic (exact) mass is 221 g/mol. The molecule has 0 amide bonds. The maximum Gasteiger partial charge on any atom is 0.235 e. The average Bonchev–Trinajstić information content (AvgIpc) is 2.87. The van der Waals surface area contributed by atoms with Crippen molar-refractivity contribution in [2.24, 2.45) is 4.52 Å². The van der Waals surface area contributed by atoms with Gasteiger partial charge in [0.15, 0.2) is 0 Å². The fourth-order valence-corrected chi connectivity index (χ4v) is 1.49. The first-order chi connectivity index (χ1) is 6.64. The summed E-state index contributed by atoms with van der Waals surface area (Å²) in [5.74, 6) is -0.178. The van der Waals surface area contributed by atoms with Gasteiger partial charge in [-0.05, 0) is 12.0 Å². The molecule has 1 saturated heterocycles. The molecule has 0 bridgehead atoms. The van der Waals surface area contributed by atoms with Crippen LogP contribution in [0.15, 0.2) is 4.52 Å². The SMILES string of the molecule is [N-]=[N+]=NS(=O)(=O)CCCOCC1CO1. The Morgan fingerprint density at radius 1 is 1.64 bits per heavy atom. The average molecular weight is 221 g/mol. The number of ether oxygens (including phenoxy) is 2. The fraction of sp³-hybridized carbons (Fsp3) is 1.00. The van der Waals surface area contributed by atoms with Gasteiger partial charge in [-0.15, -0.1) is 0 Å². The minimum absolute atomic E-state index is 0.178. The van der Waals surface area contributed by atoms with Crippen molar-refractivity contribution in [3.63, 3.8) is 0 Å². The van der Waals surface area contributed by atoms with E-state index >= 15 is 0 Å². The standard InChI is InChI=1S/C6H11N3O4S/c7-8-9-14(10,11)3-1-2-12-4-6-5-13-6/h6H,1-5H2. The molecule has 1 aliphatic heterocycles. The summed E-state index contributed by atoms with van der Waals surface area (Å²) in [5.41, 5.74) is 7.92. The van der Waals surface area contributed by atoms with Crippen LogP contribution in [0.2, 0.25) is 0 Å². The Morgan fingerprint density at radius 2 is 2.36 bits per heavy atom. The van der Waals surface area contributed by atoms with Crippen LogP contribution in [0.3, 0.4) is 0 Å². The molecule has 1 aliphatic rings. The molecule has 0 radical (unpaired) electrons. The molecular weight excluding hydrogens is 210 g/mol. The third kappa shape index (κ3) is 5.03. The summed E-state index contributed by atoms with van der Waals surface area (Å²) < 4.78 is 34.3. The topological polar surface area (TPSA) is 105 Å². The molecule has 0 aliphatic carbocycles. The number of rotatable bonds is 7. The van der Waals surface area contributed by atoms with Gasteiger partial charge < -0.3 is 9.47 Å². The highest BCUT2D eigenvalue weighted by molar-refractivity contribution is 7.89. The molecule has 1 heterocycles. The molecule has 0 N–H and O–H groups in total. The van der Waals surface area contributed by atoms with Crippen molar-refractivity contribution in [3.8, 4) is 0 Å². The lowest BCUT2D eigenvalue weighted by molar-refractivity contribution is 0.117. The molecule has 0 aromatic heterocycles. The third-order valence-electron chi connectivity index (χ3n) is 1.56. The van der Waals surface area contributed by atoms with E-state index in [2.05, 4.69) is 9.43 Å². The van der Waals surface area contributed by atoms with E-state index in [0.717, 1.165) is 6.61 Å². The second kappa shape index (κ2) is 5.16. The molecule has 0 aromatic rings. The van der Waals surface area contributed by atoms with Crippen molar-refractivity contribution in [1.29, 1.82) is 0 Å². The Kier molecular flexibility index (Phi) is 4.15. The minimum atomic E-state index is -3.62. The van der Waals surface area contributed by atoms with Crippen molar-refractivity contribution in [2.45, 2.75) is 12.5 Å². The summed E-state index contributed by atoms with van der Waals surface area (Å²) in [5, 5.41) is 0. The summed E-state index contributed by atoms with van der Waals surface area (Å²) in [6.45, 7) is 1.55. The first kappa shape index (κ1) is 11.3. The van der Waals surface area contributed by atoms with Crippen molar-refractivity contribution in [2.75, 3.05) is 25.6 Å². The van der Waals surface area contributed by atoms with Crippen LogP contribution in [0.25, 0.3) is 10.4 Å². The largest absolute Gasteiger partial charge is 0.379 e. The lowest BCUT2D eigenvalue weighted by Crippen LogP contribution is -2.08. The molecule has 1 fully saturated rings. The number of hydrogen-bond acceptors (Lipinski definition) is 4. The second-order valence-electron chi connectivity index (χ2n) is 2.84. The maximum atomic E-state index is 10.8. The van der Waals surface area contributed by atoms with Crippen molar-refractivity contribution in [3.05, 3.63) is 10.4 Å². The van der Waals surface area contributed by atoms with Crippen LogP contribution in [0.4, 0.5) is 0 Å².